The zero-order chi connectivity index (χ0) is 24.1. The van der Waals surface area contributed by atoms with Crippen LogP contribution in [0.25, 0.3) is 21.9 Å². The largest absolute Gasteiger partial charge is 0.495 e. The van der Waals surface area contributed by atoms with Gasteiger partial charge in [-0.3, -0.25) is 9.59 Å². The van der Waals surface area contributed by atoms with E-state index in [0.29, 0.717) is 28.5 Å². The maximum Gasteiger partial charge on any atom is 0.277 e. The number of hydrogen-bond acceptors (Lipinski definition) is 6. The van der Waals surface area contributed by atoms with E-state index in [9.17, 15) is 9.59 Å². The number of para-hydroxylation sites is 1. The quantitative estimate of drug-likeness (QED) is 0.291. The van der Waals surface area contributed by atoms with Crippen LogP contribution in [-0.4, -0.2) is 31.2 Å². The van der Waals surface area contributed by atoms with E-state index in [-0.39, 0.29) is 18.9 Å². The van der Waals surface area contributed by atoms with E-state index in [1.54, 1.807) is 26.2 Å². The first-order valence-electron chi connectivity index (χ1n) is 10.7. The van der Waals surface area contributed by atoms with Crippen molar-refractivity contribution in [3.63, 3.8) is 0 Å². The molecule has 0 fully saturated rings. The van der Waals surface area contributed by atoms with Gasteiger partial charge in [0, 0.05) is 22.6 Å². The molecular weight excluding hydrogens is 434 g/mol. The first kappa shape index (κ1) is 22.8. The minimum atomic E-state index is -0.418. The maximum atomic E-state index is 12.6. The molecule has 0 unspecified atom stereocenters. The van der Waals surface area contributed by atoms with Crippen LogP contribution in [0.2, 0.25) is 0 Å². The lowest BCUT2D eigenvalue weighted by molar-refractivity contribution is -0.123. The van der Waals surface area contributed by atoms with Crippen LogP contribution < -0.4 is 20.2 Å². The van der Waals surface area contributed by atoms with Gasteiger partial charge in [-0.15, -0.1) is 0 Å². The van der Waals surface area contributed by atoms with Crippen LogP contribution in [0, 0.1) is 6.92 Å². The standard InChI is InChI=1S/C26H25N3O5/c1-16-7-6-8-18(11-16)33-15-26(31)29-28-17(2)12-25(30)27-21-14-23-20(13-24(21)32-3)19-9-4-5-10-22(19)34-23/h4-11,13-14H,12,15H2,1-3H3,(H,27,30)(H,29,31)/b28-17-. The van der Waals surface area contributed by atoms with E-state index in [4.69, 9.17) is 13.9 Å². The molecule has 8 nitrogen and oxygen atoms in total. The summed E-state index contributed by atoms with van der Waals surface area (Å²) in [7, 11) is 1.54. The molecule has 0 saturated carbocycles. The molecule has 34 heavy (non-hydrogen) atoms. The molecule has 2 amide bonds. The van der Waals surface area contributed by atoms with Crippen molar-refractivity contribution >= 4 is 45.2 Å². The number of benzene rings is 3. The van der Waals surface area contributed by atoms with E-state index in [0.717, 1.165) is 21.9 Å². The number of fused-ring (bicyclic) bond motifs is 3. The van der Waals surface area contributed by atoms with Gasteiger partial charge in [0.2, 0.25) is 5.91 Å². The number of furan rings is 1. The Morgan fingerprint density at radius 3 is 2.59 bits per heavy atom. The van der Waals surface area contributed by atoms with Gasteiger partial charge in [0.25, 0.3) is 5.91 Å². The molecule has 0 atom stereocenters. The summed E-state index contributed by atoms with van der Waals surface area (Å²) in [5.41, 5.74) is 5.76. The van der Waals surface area contributed by atoms with Gasteiger partial charge in [0.15, 0.2) is 6.61 Å². The minimum Gasteiger partial charge on any atom is -0.495 e. The van der Waals surface area contributed by atoms with Crippen molar-refractivity contribution in [2.24, 2.45) is 5.10 Å². The molecule has 8 heteroatoms. The Morgan fingerprint density at radius 1 is 0.971 bits per heavy atom. The number of nitrogens with zero attached hydrogens (tertiary/aromatic N) is 1. The van der Waals surface area contributed by atoms with E-state index in [1.807, 2.05) is 55.5 Å². The molecule has 4 rings (SSSR count). The fraction of sp³-hybridized carbons (Fsp3) is 0.192. The molecule has 0 aliphatic rings. The van der Waals surface area contributed by atoms with Crippen LogP contribution in [0.5, 0.6) is 11.5 Å². The summed E-state index contributed by atoms with van der Waals surface area (Å²) < 4.78 is 16.8. The smallest absolute Gasteiger partial charge is 0.277 e. The van der Waals surface area contributed by atoms with Crippen molar-refractivity contribution in [1.82, 2.24) is 5.43 Å². The summed E-state index contributed by atoms with van der Waals surface area (Å²) in [6.07, 6.45) is -0.0136. The van der Waals surface area contributed by atoms with Gasteiger partial charge < -0.3 is 19.2 Å². The van der Waals surface area contributed by atoms with Crippen LogP contribution in [-0.2, 0) is 9.59 Å². The highest BCUT2D eigenvalue weighted by molar-refractivity contribution is 6.10. The van der Waals surface area contributed by atoms with Crippen LogP contribution in [0.1, 0.15) is 18.9 Å². The average molecular weight is 460 g/mol. The number of amides is 2. The summed E-state index contributed by atoms with van der Waals surface area (Å²) in [4.78, 5) is 24.6. The van der Waals surface area contributed by atoms with Crippen molar-refractivity contribution < 1.29 is 23.5 Å². The second-order valence-electron chi connectivity index (χ2n) is 7.86. The molecule has 0 radical (unpaired) electrons. The number of carbonyl (C=O) groups is 2. The first-order valence-corrected chi connectivity index (χ1v) is 10.7. The highest BCUT2D eigenvalue weighted by Crippen LogP contribution is 2.36. The van der Waals surface area contributed by atoms with Gasteiger partial charge in [-0.2, -0.15) is 5.10 Å². The summed E-state index contributed by atoms with van der Waals surface area (Å²) in [5.74, 6) is 0.396. The lowest BCUT2D eigenvalue weighted by Gasteiger charge is -2.10. The van der Waals surface area contributed by atoms with Crippen molar-refractivity contribution in [2.75, 3.05) is 19.0 Å². The number of carbonyl (C=O) groups excluding carboxylic acids is 2. The van der Waals surface area contributed by atoms with Gasteiger partial charge in [-0.1, -0.05) is 30.3 Å². The summed E-state index contributed by atoms with van der Waals surface area (Å²) in [5, 5.41) is 8.68. The second kappa shape index (κ2) is 10.1. The Hall–Kier alpha value is -4.33. The van der Waals surface area contributed by atoms with Gasteiger partial charge in [0.05, 0.1) is 19.2 Å². The number of hydrazone groups is 1. The Kier molecular flexibility index (Phi) is 6.77. The molecule has 0 bridgehead atoms. The number of nitrogens with one attached hydrogen (secondary N) is 2. The Bertz CT molecular complexity index is 1390. The zero-order valence-corrected chi connectivity index (χ0v) is 19.2. The van der Waals surface area contributed by atoms with E-state index < -0.39 is 5.91 Å². The lowest BCUT2D eigenvalue weighted by atomic mass is 10.1. The Labute approximate surface area is 196 Å². The number of hydrogen-bond donors (Lipinski definition) is 2. The molecular formula is C26H25N3O5. The predicted molar refractivity (Wildman–Crippen MR) is 131 cm³/mol. The third-order valence-corrected chi connectivity index (χ3v) is 5.12. The molecule has 2 N–H and O–H groups in total. The van der Waals surface area contributed by atoms with Crippen LogP contribution in [0.4, 0.5) is 5.69 Å². The van der Waals surface area contributed by atoms with Gasteiger partial charge in [0.1, 0.15) is 22.7 Å². The topological polar surface area (TPSA) is 102 Å². The van der Waals surface area contributed by atoms with E-state index in [2.05, 4.69) is 15.8 Å². The number of aryl methyl sites for hydroxylation is 1. The van der Waals surface area contributed by atoms with Crippen LogP contribution in [0.3, 0.4) is 0 Å². The monoisotopic (exact) mass is 459 g/mol. The number of anilines is 1. The van der Waals surface area contributed by atoms with Crippen LogP contribution in [0.15, 0.2) is 70.2 Å². The van der Waals surface area contributed by atoms with Gasteiger partial charge in [-0.25, -0.2) is 5.43 Å². The number of methoxy groups -OCH3 is 1. The summed E-state index contributed by atoms with van der Waals surface area (Å²) >= 11 is 0. The van der Waals surface area contributed by atoms with Gasteiger partial charge >= 0.3 is 0 Å². The van der Waals surface area contributed by atoms with Gasteiger partial charge in [-0.05, 0) is 43.7 Å². The number of rotatable bonds is 8. The number of ether oxygens (including phenoxy) is 2. The third-order valence-electron chi connectivity index (χ3n) is 5.12. The Morgan fingerprint density at radius 2 is 1.79 bits per heavy atom. The molecule has 4 aromatic rings. The summed E-state index contributed by atoms with van der Waals surface area (Å²) in [6, 6.07) is 18.7. The fourth-order valence-electron chi connectivity index (χ4n) is 3.53. The van der Waals surface area contributed by atoms with Crippen molar-refractivity contribution in [1.29, 1.82) is 0 Å². The molecule has 0 aliphatic carbocycles. The molecule has 1 aromatic heterocycles. The second-order valence-corrected chi connectivity index (χ2v) is 7.86. The predicted octanol–water partition coefficient (Wildman–Crippen LogP) is 4.80. The summed E-state index contributed by atoms with van der Waals surface area (Å²) in [6.45, 7) is 3.41. The maximum absolute atomic E-state index is 12.6. The lowest BCUT2D eigenvalue weighted by Crippen LogP contribution is -2.26. The third kappa shape index (κ3) is 5.35. The van der Waals surface area contributed by atoms with Crippen molar-refractivity contribution in [2.45, 2.75) is 20.3 Å². The molecule has 174 valence electrons. The zero-order valence-electron chi connectivity index (χ0n) is 19.2. The SMILES string of the molecule is COc1cc2c(cc1NC(=O)C/C(C)=N\NC(=O)COc1cccc(C)c1)oc1ccccc12. The van der Waals surface area contributed by atoms with E-state index >= 15 is 0 Å². The molecule has 1 heterocycles. The van der Waals surface area contributed by atoms with Crippen molar-refractivity contribution in [3.05, 3.63) is 66.2 Å². The van der Waals surface area contributed by atoms with E-state index in [1.165, 1.54) is 0 Å². The fourth-order valence-corrected chi connectivity index (χ4v) is 3.53. The van der Waals surface area contributed by atoms with Crippen LogP contribution >= 0.6 is 0 Å². The average Bonchev–Trinajstić information content (AvgIpc) is 3.18. The molecule has 3 aromatic carbocycles. The highest BCUT2D eigenvalue weighted by Gasteiger charge is 2.14. The molecule has 0 spiro atoms. The highest BCUT2D eigenvalue weighted by atomic mass is 16.5. The first-order chi connectivity index (χ1) is 16.4. The van der Waals surface area contributed by atoms with Crippen molar-refractivity contribution in [3.8, 4) is 11.5 Å². The Balaban J connectivity index is 1.36. The molecule has 0 aliphatic heterocycles. The normalized spacial score (nSPS) is 11.4. The molecule has 0 saturated heterocycles. The minimum absolute atomic E-state index is 0.0136.